The first kappa shape index (κ1) is 17.5. The third-order valence-electron chi connectivity index (χ3n) is 4.70. The van der Waals surface area contributed by atoms with E-state index in [0.717, 1.165) is 22.8 Å². The Kier molecular flexibility index (Phi) is 3.94. The molecule has 8 nitrogen and oxygen atoms in total. The zero-order valence-corrected chi connectivity index (χ0v) is 16.3. The maximum absolute atomic E-state index is 13.1. The summed E-state index contributed by atoms with van der Waals surface area (Å²) in [5.74, 6) is 1.30. The van der Waals surface area contributed by atoms with Crippen molar-refractivity contribution in [3.05, 3.63) is 47.1 Å². The third-order valence-corrected chi connectivity index (χ3v) is 4.70. The molecular weight excluding hydrogens is 342 g/mol. The van der Waals surface area contributed by atoms with Gasteiger partial charge in [-0.1, -0.05) is 34.6 Å². The van der Waals surface area contributed by atoms with Crippen LogP contribution < -0.4 is 0 Å². The molecular formula is C19H23N7O. The highest BCUT2D eigenvalue weighted by atomic mass is 16.2. The van der Waals surface area contributed by atoms with E-state index in [1.165, 1.54) is 6.33 Å². The van der Waals surface area contributed by atoms with Gasteiger partial charge < -0.3 is 4.90 Å². The normalized spacial score (nSPS) is 14.2. The molecule has 0 saturated heterocycles. The molecule has 3 aromatic heterocycles. The van der Waals surface area contributed by atoms with E-state index < -0.39 is 0 Å². The summed E-state index contributed by atoms with van der Waals surface area (Å²) in [7, 11) is 0. The molecule has 0 N–H and O–H groups in total. The summed E-state index contributed by atoms with van der Waals surface area (Å²) in [5.41, 5.74) is 3.07. The maximum Gasteiger partial charge on any atom is 0.273 e. The van der Waals surface area contributed by atoms with E-state index in [-0.39, 0.29) is 17.2 Å². The highest BCUT2D eigenvalue weighted by Gasteiger charge is 2.29. The van der Waals surface area contributed by atoms with Crippen LogP contribution in [0.25, 0.3) is 5.78 Å². The second-order valence-electron chi connectivity index (χ2n) is 8.27. The van der Waals surface area contributed by atoms with Crippen molar-refractivity contribution in [1.82, 2.24) is 34.4 Å². The minimum absolute atomic E-state index is 0.126. The van der Waals surface area contributed by atoms with Gasteiger partial charge in [-0.05, 0) is 12.0 Å². The van der Waals surface area contributed by atoms with E-state index in [4.69, 9.17) is 0 Å². The van der Waals surface area contributed by atoms with Gasteiger partial charge in [0.2, 0.25) is 0 Å². The van der Waals surface area contributed by atoms with Crippen molar-refractivity contribution < 1.29 is 4.79 Å². The molecule has 140 valence electrons. The van der Waals surface area contributed by atoms with Crippen molar-refractivity contribution in [2.45, 2.75) is 59.0 Å². The molecule has 0 aromatic carbocycles. The minimum Gasteiger partial charge on any atom is -0.327 e. The van der Waals surface area contributed by atoms with Crippen LogP contribution >= 0.6 is 0 Å². The Bertz CT molecular complexity index is 1030. The fraction of sp³-hybridized carbons (Fsp3) is 0.474. The molecule has 4 rings (SSSR count). The van der Waals surface area contributed by atoms with Gasteiger partial charge in [0, 0.05) is 23.7 Å². The summed E-state index contributed by atoms with van der Waals surface area (Å²) >= 11 is 0. The van der Waals surface area contributed by atoms with Crippen LogP contribution in [0.3, 0.4) is 0 Å². The lowest BCUT2D eigenvalue weighted by Crippen LogP contribution is -2.27. The summed E-state index contributed by atoms with van der Waals surface area (Å²) in [6, 6.07) is 1.81. The van der Waals surface area contributed by atoms with Crippen molar-refractivity contribution in [3.63, 3.8) is 0 Å². The molecule has 0 spiro atoms. The molecule has 0 aliphatic carbocycles. The van der Waals surface area contributed by atoms with Crippen molar-refractivity contribution >= 4 is 11.7 Å². The van der Waals surface area contributed by atoms with Crippen LogP contribution in [0.5, 0.6) is 0 Å². The van der Waals surface area contributed by atoms with Crippen LogP contribution in [0, 0.1) is 0 Å². The fourth-order valence-electron chi connectivity index (χ4n) is 3.18. The first-order chi connectivity index (χ1) is 12.7. The predicted octanol–water partition coefficient (Wildman–Crippen LogP) is 2.49. The quantitative estimate of drug-likeness (QED) is 0.693. The molecule has 27 heavy (non-hydrogen) atoms. The molecule has 8 heteroatoms. The molecule has 0 radical (unpaired) electrons. The van der Waals surface area contributed by atoms with Gasteiger partial charge in [-0.3, -0.25) is 4.79 Å². The Morgan fingerprint density at radius 2 is 1.93 bits per heavy atom. The highest BCUT2D eigenvalue weighted by molar-refractivity contribution is 5.93. The standard InChI is InChI=1S/C19H23N7O/c1-11(2)15-6-13(24-18-21-10-22-26(15)18)16(27)25-8-12-7-20-17(19(3,4)5)23-14(12)9-25/h6-7,10-11H,8-9H2,1-5H3. The van der Waals surface area contributed by atoms with Crippen molar-refractivity contribution in [1.29, 1.82) is 0 Å². The highest BCUT2D eigenvalue weighted by Crippen LogP contribution is 2.26. The molecule has 4 heterocycles. The predicted molar refractivity (Wildman–Crippen MR) is 99.2 cm³/mol. The van der Waals surface area contributed by atoms with Crippen LogP contribution in [-0.4, -0.2) is 40.4 Å². The number of carbonyl (C=O) groups is 1. The smallest absolute Gasteiger partial charge is 0.273 e. The van der Waals surface area contributed by atoms with Gasteiger partial charge in [0.05, 0.1) is 17.9 Å². The van der Waals surface area contributed by atoms with Gasteiger partial charge in [-0.15, -0.1) is 0 Å². The summed E-state index contributed by atoms with van der Waals surface area (Å²) in [5, 5.41) is 4.20. The van der Waals surface area contributed by atoms with Crippen LogP contribution in [0.15, 0.2) is 18.6 Å². The van der Waals surface area contributed by atoms with E-state index in [0.29, 0.717) is 24.6 Å². The molecule has 1 amide bonds. The average molecular weight is 365 g/mol. The topological polar surface area (TPSA) is 89.2 Å². The Morgan fingerprint density at radius 3 is 2.63 bits per heavy atom. The van der Waals surface area contributed by atoms with Crippen molar-refractivity contribution in [2.24, 2.45) is 0 Å². The Hall–Kier alpha value is -2.90. The number of carbonyl (C=O) groups excluding carboxylic acids is 1. The van der Waals surface area contributed by atoms with E-state index in [2.05, 4.69) is 59.7 Å². The van der Waals surface area contributed by atoms with Gasteiger partial charge in [0.25, 0.3) is 11.7 Å². The van der Waals surface area contributed by atoms with E-state index in [1.807, 2.05) is 12.3 Å². The summed E-state index contributed by atoms with van der Waals surface area (Å²) in [6.07, 6.45) is 3.29. The Morgan fingerprint density at radius 1 is 1.15 bits per heavy atom. The number of hydrogen-bond acceptors (Lipinski definition) is 6. The summed E-state index contributed by atoms with van der Waals surface area (Å²) < 4.78 is 1.68. The molecule has 0 bridgehead atoms. The molecule has 0 atom stereocenters. The van der Waals surface area contributed by atoms with E-state index >= 15 is 0 Å². The van der Waals surface area contributed by atoms with Gasteiger partial charge in [0.15, 0.2) is 0 Å². The number of rotatable bonds is 2. The second kappa shape index (κ2) is 6.07. The Labute approximate surface area is 157 Å². The molecule has 1 aliphatic rings. The molecule has 3 aromatic rings. The zero-order chi connectivity index (χ0) is 19.3. The lowest BCUT2D eigenvalue weighted by molar-refractivity contribution is 0.0744. The lowest BCUT2D eigenvalue weighted by Gasteiger charge is -2.17. The van der Waals surface area contributed by atoms with Crippen LogP contribution in [0.4, 0.5) is 0 Å². The van der Waals surface area contributed by atoms with Gasteiger partial charge in [-0.2, -0.15) is 10.1 Å². The minimum atomic E-state index is -0.127. The van der Waals surface area contributed by atoms with Gasteiger partial charge >= 0.3 is 0 Å². The van der Waals surface area contributed by atoms with Crippen LogP contribution in [0.2, 0.25) is 0 Å². The maximum atomic E-state index is 13.1. The molecule has 0 saturated carbocycles. The monoisotopic (exact) mass is 365 g/mol. The third kappa shape index (κ3) is 3.05. The summed E-state index contributed by atoms with van der Waals surface area (Å²) in [6.45, 7) is 11.3. The largest absolute Gasteiger partial charge is 0.327 e. The van der Waals surface area contributed by atoms with Gasteiger partial charge in [-0.25, -0.2) is 19.5 Å². The van der Waals surface area contributed by atoms with Gasteiger partial charge in [0.1, 0.15) is 17.8 Å². The number of aromatic nitrogens is 6. The van der Waals surface area contributed by atoms with Crippen molar-refractivity contribution in [2.75, 3.05) is 0 Å². The lowest BCUT2D eigenvalue weighted by atomic mass is 9.95. The first-order valence-corrected chi connectivity index (χ1v) is 9.09. The number of hydrogen-bond donors (Lipinski definition) is 0. The second-order valence-corrected chi connectivity index (χ2v) is 8.27. The van der Waals surface area contributed by atoms with E-state index in [1.54, 1.807) is 9.42 Å². The average Bonchev–Trinajstić information content (AvgIpc) is 3.24. The molecule has 0 fully saturated rings. The van der Waals surface area contributed by atoms with Crippen LogP contribution in [0.1, 0.15) is 73.8 Å². The SMILES string of the molecule is CC(C)c1cc(C(=O)N2Cc3cnc(C(C)(C)C)nc3C2)nc2ncnn12. The first-order valence-electron chi connectivity index (χ1n) is 9.09. The Balaban J connectivity index is 1.65. The van der Waals surface area contributed by atoms with Crippen molar-refractivity contribution in [3.8, 4) is 0 Å². The molecule has 0 unspecified atom stereocenters. The number of fused-ring (bicyclic) bond motifs is 2. The fourth-order valence-corrected chi connectivity index (χ4v) is 3.18. The van der Waals surface area contributed by atoms with E-state index in [9.17, 15) is 4.79 Å². The number of nitrogens with zero attached hydrogens (tertiary/aromatic N) is 7. The summed E-state index contributed by atoms with van der Waals surface area (Å²) in [4.78, 5) is 32.6. The molecule has 1 aliphatic heterocycles. The van der Waals surface area contributed by atoms with Crippen LogP contribution in [-0.2, 0) is 18.5 Å². The number of amides is 1. The zero-order valence-electron chi connectivity index (χ0n) is 16.3.